The Labute approximate surface area is 175 Å². The molecule has 2 aliphatic heterocycles. The van der Waals surface area contributed by atoms with Crippen molar-refractivity contribution >= 4 is 15.9 Å². The smallest absolute Gasteiger partial charge is 0.255 e. The third kappa shape index (κ3) is 3.70. The minimum absolute atomic E-state index is 0.210. The van der Waals surface area contributed by atoms with Gasteiger partial charge >= 0.3 is 0 Å². The first-order valence-electron chi connectivity index (χ1n) is 9.66. The molecule has 1 amide bonds. The summed E-state index contributed by atoms with van der Waals surface area (Å²) in [5, 5.41) is 2.91. The van der Waals surface area contributed by atoms with Gasteiger partial charge in [-0.2, -0.15) is 4.31 Å². The number of carbonyl (C=O) groups is 1. The molecule has 30 heavy (non-hydrogen) atoms. The molecule has 9 heteroatoms. The van der Waals surface area contributed by atoms with Gasteiger partial charge < -0.3 is 19.5 Å². The number of hydrogen-bond donors (Lipinski definition) is 1. The predicted octanol–water partition coefficient (Wildman–Crippen LogP) is 2.05. The van der Waals surface area contributed by atoms with Gasteiger partial charge in [0.25, 0.3) is 5.91 Å². The number of carbonyl (C=O) groups excluding carboxylic acids is 1. The quantitative estimate of drug-likeness (QED) is 0.795. The zero-order valence-electron chi connectivity index (χ0n) is 16.9. The van der Waals surface area contributed by atoms with Crippen molar-refractivity contribution in [2.45, 2.75) is 23.3 Å². The van der Waals surface area contributed by atoms with Crippen LogP contribution in [0.4, 0.5) is 0 Å². The summed E-state index contributed by atoms with van der Waals surface area (Å²) >= 11 is 0. The molecule has 0 aliphatic carbocycles. The molecule has 0 bridgehead atoms. The highest BCUT2D eigenvalue weighted by atomic mass is 32.2. The topological polar surface area (TPSA) is 94.2 Å². The Morgan fingerprint density at radius 1 is 1.00 bits per heavy atom. The lowest BCUT2D eigenvalue weighted by atomic mass is 9.92. The number of piperidine rings is 1. The standard InChI is InChI=1S/C21H24N2O6S/c1-27-15-3-6-17(7-4-15)30(25,26)23-11-9-21(10-12-23)14-22-20(24)18-8-5-16(28-2)13-19(18)29-21/h3-8,13H,9-12,14H2,1-2H3,(H,22,24). The summed E-state index contributed by atoms with van der Waals surface area (Å²) < 4.78 is 44.1. The van der Waals surface area contributed by atoms with Crippen molar-refractivity contribution in [3.63, 3.8) is 0 Å². The van der Waals surface area contributed by atoms with Gasteiger partial charge in [0.2, 0.25) is 10.0 Å². The molecule has 160 valence electrons. The van der Waals surface area contributed by atoms with Crippen LogP contribution in [0.1, 0.15) is 23.2 Å². The Kier molecular flexibility index (Phi) is 5.33. The molecule has 0 unspecified atom stereocenters. The monoisotopic (exact) mass is 432 g/mol. The normalized spacial score (nSPS) is 18.7. The van der Waals surface area contributed by atoms with E-state index in [0.717, 1.165) is 0 Å². The van der Waals surface area contributed by atoms with E-state index in [-0.39, 0.29) is 10.8 Å². The Bertz CT molecular complexity index is 1040. The second kappa shape index (κ2) is 7.81. The molecule has 4 rings (SSSR count). The summed E-state index contributed by atoms with van der Waals surface area (Å²) in [6.07, 6.45) is 0.915. The van der Waals surface area contributed by atoms with Crippen LogP contribution in [0.15, 0.2) is 47.4 Å². The molecule has 1 spiro atoms. The van der Waals surface area contributed by atoms with Crippen LogP contribution < -0.4 is 19.5 Å². The molecule has 0 radical (unpaired) electrons. The highest BCUT2D eigenvalue weighted by molar-refractivity contribution is 7.89. The lowest BCUT2D eigenvalue weighted by Crippen LogP contribution is -2.54. The predicted molar refractivity (Wildman–Crippen MR) is 110 cm³/mol. The molecule has 2 aliphatic rings. The number of ether oxygens (including phenoxy) is 3. The van der Waals surface area contributed by atoms with Crippen LogP contribution in [0.3, 0.4) is 0 Å². The first kappa shape index (κ1) is 20.5. The average molecular weight is 432 g/mol. The van der Waals surface area contributed by atoms with Crippen molar-refractivity contribution < 1.29 is 27.4 Å². The van der Waals surface area contributed by atoms with Crippen LogP contribution in [0.25, 0.3) is 0 Å². The van der Waals surface area contributed by atoms with Crippen molar-refractivity contribution in [3.05, 3.63) is 48.0 Å². The number of benzene rings is 2. The Morgan fingerprint density at radius 3 is 2.27 bits per heavy atom. The number of nitrogens with zero attached hydrogens (tertiary/aromatic N) is 1. The summed E-state index contributed by atoms with van der Waals surface area (Å²) in [6.45, 7) is 0.909. The van der Waals surface area contributed by atoms with Crippen LogP contribution in [0, 0.1) is 0 Å². The zero-order chi connectivity index (χ0) is 21.4. The van der Waals surface area contributed by atoms with E-state index in [1.54, 1.807) is 49.6 Å². The maximum absolute atomic E-state index is 13.0. The Balaban J connectivity index is 1.53. The fourth-order valence-electron chi connectivity index (χ4n) is 3.82. The highest BCUT2D eigenvalue weighted by Crippen LogP contribution is 2.36. The molecule has 0 saturated carbocycles. The van der Waals surface area contributed by atoms with Crippen LogP contribution in [0.2, 0.25) is 0 Å². The minimum atomic E-state index is -3.62. The largest absolute Gasteiger partial charge is 0.497 e. The van der Waals surface area contributed by atoms with E-state index >= 15 is 0 Å². The summed E-state index contributed by atoms with van der Waals surface area (Å²) in [4.78, 5) is 12.7. The van der Waals surface area contributed by atoms with E-state index in [9.17, 15) is 13.2 Å². The molecule has 8 nitrogen and oxygen atoms in total. The molecule has 1 N–H and O–H groups in total. The van der Waals surface area contributed by atoms with Gasteiger partial charge in [-0.3, -0.25) is 4.79 Å². The van der Waals surface area contributed by atoms with Crippen molar-refractivity contribution in [2.24, 2.45) is 0 Å². The number of fused-ring (bicyclic) bond motifs is 1. The van der Waals surface area contributed by atoms with Crippen molar-refractivity contribution in [1.82, 2.24) is 9.62 Å². The van der Waals surface area contributed by atoms with Crippen LogP contribution >= 0.6 is 0 Å². The van der Waals surface area contributed by atoms with Crippen LogP contribution in [0.5, 0.6) is 17.2 Å². The van der Waals surface area contributed by atoms with Crippen LogP contribution in [-0.2, 0) is 10.0 Å². The number of amides is 1. The SMILES string of the molecule is COc1ccc(S(=O)(=O)N2CCC3(CC2)CNC(=O)c2ccc(OC)cc2O3)cc1. The molecule has 1 saturated heterocycles. The number of nitrogens with one attached hydrogen (secondary N) is 1. The van der Waals surface area contributed by atoms with Crippen molar-refractivity contribution in [3.8, 4) is 17.2 Å². The maximum atomic E-state index is 13.0. The summed E-state index contributed by atoms with van der Waals surface area (Å²) in [5.74, 6) is 1.44. The summed E-state index contributed by atoms with van der Waals surface area (Å²) in [5.41, 5.74) is -0.222. The number of hydrogen-bond acceptors (Lipinski definition) is 6. The lowest BCUT2D eigenvalue weighted by molar-refractivity contribution is 0.0245. The fraction of sp³-hybridized carbons (Fsp3) is 0.381. The maximum Gasteiger partial charge on any atom is 0.255 e. The zero-order valence-corrected chi connectivity index (χ0v) is 17.7. The fourth-order valence-corrected chi connectivity index (χ4v) is 5.26. The van der Waals surface area contributed by atoms with Gasteiger partial charge in [0.1, 0.15) is 22.8 Å². The molecule has 1 fully saturated rings. The van der Waals surface area contributed by atoms with Crippen LogP contribution in [-0.4, -0.2) is 58.1 Å². The van der Waals surface area contributed by atoms with E-state index in [0.29, 0.717) is 55.3 Å². The number of rotatable bonds is 4. The van der Waals surface area contributed by atoms with Gasteiger partial charge in [0.05, 0.1) is 31.2 Å². The third-order valence-electron chi connectivity index (χ3n) is 5.66. The van der Waals surface area contributed by atoms with Gasteiger partial charge in [-0.25, -0.2) is 8.42 Å². The van der Waals surface area contributed by atoms with Crippen molar-refractivity contribution in [2.75, 3.05) is 33.9 Å². The molecular formula is C21H24N2O6S. The average Bonchev–Trinajstić information content (AvgIpc) is 2.90. The van der Waals surface area contributed by atoms with Crippen molar-refractivity contribution in [1.29, 1.82) is 0 Å². The Hall–Kier alpha value is -2.78. The van der Waals surface area contributed by atoms with E-state index in [4.69, 9.17) is 14.2 Å². The van der Waals surface area contributed by atoms with Gasteiger partial charge in [-0.1, -0.05) is 0 Å². The van der Waals surface area contributed by atoms with E-state index in [1.165, 1.54) is 11.4 Å². The molecule has 2 aromatic carbocycles. The minimum Gasteiger partial charge on any atom is -0.497 e. The molecule has 0 atom stereocenters. The summed E-state index contributed by atoms with van der Waals surface area (Å²) in [7, 11) is -0.532. The Morgan fingerprint density at radius 2 is 1.63 bits per heavy atom. The highest BCUT2D eigenvalue weighted by Gasteiger charge is 2.42. The second-order valence-electron chi connectivity index (χ2n) is 7.41. The number of sulfonamides is 1. The molecule has 0 aromatic heterocycles. The first-order valence-corrected chi connectivity index (χ1v) is 11.1. The van der Waals surface area contributed by atoms with Gasteiger partial charge in [-0.15, -0.1) is 0 Å². The molecular weight excluding hydrogens is 408 g/mol. The third-order valence-corrected chi connectivity index (χ3v) is 7.57. The number of methoxy groups -OCH3 is 2. The van der Waals surface area contributed by atoms with E-state index < -0.39 is 15.6 Å². The van der Waals surface area contributed by atoms with E-state index in [2.05, 4.69) is 5.32 Å². The van der Waals surface area contributed by atoms with Gasteiger partial charge in [-0.05, 0) is 36.4 Å². The van der Waals surface area contributed by atoms with Gasteiger partial charge in [0.15, 0.2) is 0 Å². The molecule has 2 aromatic rings. The van der Waals surface area contributed by atoms with Gasteiger partial charge in [0, 0.05) is 32.0 Å². The lowest BCUT2D eigenvalue weighted by Gasteiger charge is -2.40. The second-order valence-corrected chi connectivity index (χ2v) is 9.35. The molecule has 2 heterocycles. The first-order chi connectivity index (χ1) is 14.4. The summed E-state index contributed by atoms with van der Waals surface area (Å²) in [6, 6.07) is 11.4. The van der Waals surface area contributed by atoms with E-state index in [1.807, 2.05) is 0 Å².